The molecule has 0 radical (unpaired) electrons. The first-order valence-corrected chi connectivity index (χ1v) is 5.94. The van der Waals surface area contributed by atoms with E-state index < -0.39 is 17.5 Å². The molecule has 3 nitrogen and oxygen atoms in total. The van der Waals surface area contributed by atoms with Gasteiger partial charge in [0.25, 0.3) is 0 Å². The van der Waals surface area contributed by atoms with Gasteiger partial charge in [-0.3, -0.25) is 0 Å². The summed E-state index contributed by atoms with van der Waals surface area (Å²) in [6, 6.07) is 3.13. The molecule has 2 aromatic rings. The minimum atomic E-state index is -0.926. The SMILES string of the molecule is Cc1cc(F)c(Nc2c(N)cc(N)c(Cl)c2F)cc1F. The van der Waals surface area contributed by atoms with Gasteiger partial charge in [0.15, 0.2) is 5.82 Å². The fourth-order valence-electron chi connectivity index (χ4n) is 1.67. The van der Waals surface area contributed by atoms with Gasteiger partial charge in [0.2, 0.25) is 0 Å². The molecule has 2 aromatic carbocycles. The Bertz CT molecular complexity index is 689. The van der Waals surface area contributed by atoms with E-state index in [1.807, 2.05) is 0 Å². The van der Waals surface area contributed by atoms with Crippen LogP contribution in [0.15, 0.2) is 18.2 Å². The number of anilines is 4. The Morgan fingerprint density at radius 1 is 1.00 bits per heavy atom. The molecule has 0 aromatic heterocycles. The van der Waals surface area contributed by atoms with Crippen LogP contribution in [0.3, 0.4) is 0 Å². The van der Waals surface area contributed by atoms with Crippen LogP contribution < -0.4 is 16.8 Å². The fourth-order valence-corrected chi connectivity index (χ4v) is 1.82. The van der Waals surface area contributed by atoms with Crippen LogP contribution in [0.4, 0.5) is 35.9 Å². The number of rotatable bonds is 2. The Kier molecular flexibility index (Phi) is 3.67. The third-order valence-corrected chi connectivity index (χ3v) is 3.16. The molecule has 0 saturated heterocycles. The number of hydrogen-bond donors (Lipinski definition) is 3. The Balaban J connectivity index is 2.51. The highest BCUT2D eigenvalue weighted by molar-refractivity contribution is 6.33. The topological polar surface area (TPSA) is 64.1 Å². The summed E-state index contributed by atoms with van der Waals surface area (Å²) >= 11 is 5.65. The lowest BCUT2D eigenvalue weighted by Crippen LogP contribution is -2.04. The average Bonchev–Trinajstić information content (AvgIpc) is 2.38. The van der Waals surface area contributed by atoms with Crippen molar-refractivity contribution in [1.29, 1.82) is 0 Å². The number of nitrogens with two attached hydrogens (primary N) is 2. The molecular weight excluding hydrogens is 291 g/mol. The Morgan fingerprint density at radius 2 is 1.65 bits per heavy atom. The normalized spacial score (nSPS) is 10.7. The van der Waals surface area contributed by atoms with Crippen LogP contribution in [-0.4, -0.2) is 0 Å². The maximum absolute atomic E-state index is 13.9. The van der Waals surface area contributed by atoms with Crippen molar-refractivity contribution in [1.82, 2.24) is 0 Å². The smallest absolute Gasteiger partial charge is 0.169 e. The van der Waals surface area contributed by atoms with E-state index in [0.29, 0.717) is 0 Å². The summed E-state index contributed by atoms with van der Waals surface area (Å²) in [5.41, 5.74) is 10.6. The Hall–Kier alpha value is -2.08. The molecule has 2 rings (SSSR count). The second kappa shape index (κ2) is 5.13. The first-order valence-electron chi connectivity index (χ1n) is 5.57. The van der Waals surface area contributed by atoms with Crippen LogP contribution in [0.1, 0.15) is 5.56 Å². The fraction of sp³-hybridized carbons (Fsp3) is 0.0769. The number of benzene rings is 2. The quantitative estimate of drug-likeness (QED) is 0.735. The molecule has 5 N–H and O–H groups in total. The summed E-state index contributed by atoms with van der Waals surface area (Å²) < 4.78 is 41.1. The second-order valence-electron chi connectivity index (χ2n) is 4.26. The first kappa shape index (κ1) is 14.3. The van der Waals surface area contributed by atoms with Gasteiger partial charge in [-0.25, -0.2) is 13.2 Å². The summed E-state index contributed by atoms with van der Waals surface area (Å²) in [4.78, 5) is 0. The minimum Gasteiger partial charge on any atom is -0.397 e. The first-order chi connectivity index (χ1) is 9.31. The molecule has 0 aliphatic carbocycles. The van der Waals surface area contributed by atoms with Crippen LogP contribution in [0.5, 0.6) is 0 Å². The number of hydrogen-bond acceptors (Lipinski definition) is 3. The number of halogens is 4. The molecule has 0 spiro atoms. The van der Waals surface area contributed by atoms with Crippen molar-refractivity contribution in [3.8, 4) is 0 Å². The number of aryl methyl sites for hydroxylation is 1. The van der Waals surface area contributed by atoms with Gasteiger partial charge in [-0.15, -0.1) is 0 Å². The van der Waals surface area contributed by atoms with E-state index >= 15 is 0 Å². The standard InChI is InChI=1S/C13H11ClF3N3/c1-5-2-7(16)10(3-6(5)15)20-13-9(19)4-8(18)11(14)12(13)17/h2-4,20H,18-19H2,1H3. The molecule has 106 valence electrons. The highest BCUT2D eigenvalue weighted by Gasteiger charge is 2.16. The van der Waals surface area contributed by atoms with Crippen LogP contribution in [0.2, 0.25) is 5.02 Å². The zero-order chi connectivity index (χ0) is 15.0. The lowest BCUT2D eigenvalue weighted by molar-refractivity contribution is 0.595. The summed E-state index contributed by atoms with van der Waals surface area (Å²) in [6.45, 7) is 1.41. The van der Waals surface area contributed by atoms with Gasteiger partial charge >= 0.3 is 0 Å². The molecule has 0 heterocycles. The van der Waals surface area contributed by atoms with Crippen molar-refractivity contribution in [3.05, 3.63) is 46.2 Å². The van der Waals surface area contributed by atoms with E-state index in [0.717, 1.165) is 12.1 Å². The van der Waals surface area contributed by atoms with Crippen molar-refractivity contribution in [2.24, 2.45) is 0 Å². The third-order valence-electron chi connectivity index (χ3n) is 2.77. The lowest BCUT2D eigenvalue weighted by atomic mass is 10.1. The van der Waals surface area contributed by atoms with Gasteiger partial charge in [0.05, 0.1) is 22.7 Å². The van der Waals surface area contributed by atoms with Gasteiger partial charge in [0, 0.05) is 6.07 Å². The van der Waals surface area contributed by atoms with Gasteiger partial charge in [-0.1, -0.05) is 11.6 Å². The van der Waals surface area contributed by atoms with Crippen LogP contribution >= 0.6 is 11.6 Å². The molecule has 0 atom stereocenters. The summed E-state index contributed by atoms with van der Waals surface area (Å²) in [7, 11) is 0. The Labute approximate surface area is 118 Å². The summed E-state index contributed by atoms with van der Waals surface area (Å²) in [6.07, 6.45) is 0. The zero-order valence-corrected chi connectivity index (χ0v) is 11.2. The van der Waals surface area contributed by atoms with Crippen LogP contribution in [-0.2, 0) is 0 Å². The Morgan fingerprint density at radius 3 is 2.30 bits per heavy atom. The van der Waals surface area contributed by atoms with Gasteiger partial charge in [0.1, 0.15) is 16.7 Å². The van der Waals surface area contributed by atoms with Gasteiger partial charge < -0.3 is 16.8 Å². The van der Waals surface area contributed by atoms with Crippen molar-refractivity contribution >= 4 is 34.4 Å². The summed E-state index contributed by atoms with van der Waals surface area (Å²) in [5.74, 6) is -2.30. The second-order valence-corrected chi connectivity index (χ2v) is 4.64. The van der Waals surface area contributed by atoms with E-state index in [9.17, 15) is 13.2 Å². The number of nitrogens with one attached hydrogen (secondary N) is 1. The molecule has 0 unspecified atom stereocenters. The van der Waals surface area contributed by atoms with E-state index in [1.165, 1.54) is 13.0 Å². The number of nitrogen functional groups attached to an aromatic ring is 2. The van der Waals surface area contributed by atoms with Crippen LogP contribution in [0.25, 0.3) is 0 Å². The maximum Gasteiger partial charge on any atom is 0.169 e. The summed E-state index contributed by atoms with van der Waals surface area (Å²) in [5, 5.41) is 2.05. The van der Waals surface area contributed by atoms with Crippen molar-refractivity contribution in [3.63, 3.8) is 0 Å². The third kappa shape index (κ3) is 2.46. The molecular formula is C13H11ClF3N3. The molecule has 7 heteroatoms. The zero-order valence-electron chi connectivity index (χ0n) is 10.4. The lowest BCUT2D eigenvalue weighted by Gasteiger charge is -2.14. The molecule has 0 fully saturated rings. The average molecular weight is 302 g/mol. The van der Waals surface area contributed by atoms with E-state index in [4.69, 9.17) is 23.1 Å². The molecule has 0 aliphatic heterocycles. The predicted molar refractivity (Wildman–Crippen MR) is 74.6 cm³/mol. The van der Waals surface area contributed by atoms with Crippen molar-refractivity contribution in [2.45, 2.75) is 6.92 Å². The highest BCUT2D eigenvalue weighted by atomic mass is 35.5. The highest BCUT2D eigenvalue weighted by Crippen LogP contribution is 2.36. The van der Waals surface area contributed by atoms with E-state index in [2.05, 4.69) is 5.32 Å². The van der Waals surface area contributed by atoms with E-state index in [-0.39, 0.29) is 33.3 Å². The van der Waals surface area contributed by atoms with Crippen molar-refractivity contribution in [2.75, 3.05) is 16.8 Å². The molecule has 0 amide bonds. The maximum atomic E-state index is 13.9. The van der Waals surface area contributed by atoms with E-state index in [1.54, 1.807) is 0 Å². The predicted octanol–water partition coefficient (Wildman–Crippen LogP) is 3.97. The molecule has 0 aliphatic rings. The molecule has 20 heavy (non-hydrogen) atoms. The van der Waals surface area contributed by atoms with Gasteiger partial charge in [-0.2, -0.15) is 0 Å². The minimum absolute atomic E-state index is 0.0391. The van der Waals surface area contributed by atoms with Crippen LogP contribution in [0, 0.1) is 24.4 Å². The monoisotopic (exact) mass is 301 g/mol. The largest absolute Gasteiger partial charge is 0.397 e. The van der Waals surface area contributed by atoms with Gasteiger partial charge in [-0.05, 0) is 24.6 Å². The molecule has 0 bridgehead atoms. The van der Waals surface area contributed by atoms with Crippen molar-refractivity contribution < 1.29 is 13.2 Å². The molecule has 0 saturated carbocycles.